The van der Waals surface area contributed by atoms with Crippen LogP contribution in [0.15, 0.2) is 23.0 Å². The van der Waals surface area contributed by atoms with Gasteiger partial charge >= 0.3 is 7.12 Å². The lowest BCUT2D eigenvalue weighted by Gasteiger charge is -1.95. The molecule has 0 aromatic carbocycles. The zero-order valence-electron chi connectivity index (χ0n) is 6.01. The van der Waals surface area contributed by atoms with Gasteiger partial charge in [-0.05, 0) is 6.07 Å². The van der Waals surface area contributed by atoms with Crippen LogP contribution in [0.2, 0.25) is 0 Å². The smallest absolute Gasteiger partial charge is 0.423 e. The van der Waals surface area contributed by atoms with E-state index in [2.05, 4.69) is 10.1 Å². The van der Waals surface area contributed by atoms with Crippen LogP contribution in [0.4, 0.5) is 0 Å². The molecule has 0 radical (unpaired) electrons. The molecule has 0 atom stereocenters. The Balaban J connectivity index is 2.60. The van der Waals surface area contributed by atoms with Crippen molar-refractivity contribution >= 4 is 23.7 Å². The molecule has 2 aromatic rings. The third-order valence-electron chi connectivity index (χ3n) is 1.53. The van der Waals surface area contributed by atoms with Crippen LogP contribution in [0.25, 0.3) is 11.1 Å². The Morgan fingerprint density at radius 2 is 2.17 bits per heavy atom. The molecule has 0 aliphatic rings. The largest absolute Gasteiger partial charge is 0.490 e. The van der Waals surface area contributed by atoms with Gasteiger partial charge in [0.2, 0.25) is 0 Å². The van der Waals surface area contributed by atoms with Crippen molar-refractivity contribution in [3.8, 4) is 0 Å². The highest BCUT2D eigenvalue weighted by molar-refractivity contribution is 6.58. The van der Waals surface area contributed by atoms with E-state index in [0.717, 1.165) is 0 Å². The van der Waals surface area contributed by atoms with E-state index in [1.807, 2.05) is 0 Å². The van der Waals surface area contributed by atoms with Crippen molar-refractivity contribution in [3.05, 3.63) is 18.5 Å². The highest BCUT2D eigenvalue weighted by atomic mass is 16.5. The van der Waals surface area contributed by atoms with Crippen LogP contribution >= 0.6 is 0 Å². The fourth-order valence-corrected chi connectivity index (χ4v) is 0.929. The summed E-state index contributed by atoms with van der Waals surface area (Å²) < 4.78 is 4.73. The summed E-state index contributed by atoms with van der Waals surface area (Å²) >= 11 is 0. The van der Waals surface area contributed by atoms with Crippen molar-refractivity contribution in [2.75, 3.05) is 0 Å². The van der Waals surface area contributed by atoms with Crippen LogP contribution in [0.1, 0.15) is 0 Å². The molecule has 5 nitrogen and oxygen atoms in total. The number of fused-ring (bicyclic) bond motifs is 1. The van der Waals surface area contributed by atoms with Crippen molar-refractivity contribution < 1.29 is 14.6 Å². The fourth-order valence-electron chi connectivity index (χ4n) is 0.929. The van der Waals surface area contributed by atoms with E-state index in [1.165, 1.54) is 12.4 Å². The first-order chi connectivity index (χ1) is 5.77. The lowest BCUT2D eigenvalue weighted by Crippen LogP contribution is -2.29. The molecule has 2 N–H and O–H groups in total. The molecule has 12 heavy (non-hydrogen) atoms. The van der Waals surface area contributed by atoms with E-state index in [1.54, 1.807) is 6.07 Å². The summed E-state index contributed by atoms with van der Waals surface area (Å²) in [5.74, 6) is 0. The molecule has 2 aromatic heterocycles. The monoisotopic (exact) mass is 164 g/mol. The first kappa shape index (κ1) is 7.26. The van der Waals surface area contributed by atoms with Gasteiger partial charge in [-0.15, -0.1) is 0 Å². The zero-order chi connectivity index (χ0) is 8.55. The van der Waals surface area contributed by atoms with E-state index in [4.69, 9.17) is 14.6 Å². The van der Waals surface area contributed by atoms with Gasteiger partial charge in [0, 0.05) is 11.7 Å². The van der Waals surface area contributed by atoms with Crippen LogP contribution < -0.4 is 5.46 Å². The number of hydrogen-bond donors (Lipinski definition) is 2. The number of hydrogen-bond acceptors (Lipinski definition) is 5. The Morgan fingerprint density at radius 1 is 1.33 bits per heavy atom. The van der Waals surface area contributed by atoms with Crippen LogP contribution in [0.3, 0.4) is 0 Å². The summed E-state index contributed by atoms with van der Waals surface area (Å²) in [4.78, 5) is 3.81. The third-order valence-corrected chi connectivity index (χ3v) is 1.53. The maximum absolute atomic E-state index is 8.79. The Hall–Kier alpha value is -1.40. The minimum atomic E-state index is -1.50. The van der Waals surface area contributed by atoms with Crippen molar-refractivity contribution in [1.82, 2.24) is 10.1 Å². The van der Waals surface area contributed by atoms with E-state index in [9.17, 15) is 0 Å². The van der Waals surface area contributed by atoms with E-state index < -0.39 is 7.12 Å². The average molecular weight is 164 g/mol. The molecule has 0 bridgehead atoms. The Morgan fingerprint density at radius 3 is 2.92 bits per heavy atom. The average Bonchev–Trinajstić information content (AvgIpc) is 2.49. The summed E-state index contributed by atoms with van der Waals surface area (Å²) in [7, 11) is -1.50. The fraction of sp³-hybridized carbons (Fsp3) is 0. The van der Waals surface area contributed by atoms with Gasteiger partial charge in [0.05, 0.1) is 11.6 Å². The maximum Gasteiger partial charge on any atom is 0.490 e. The minimum Gasteiger partial charge on any atom is -0.423 e. The predicted molar refractivity (Wildman–Crippen MR) is 41.6 cm³/mol. The van der Waals surface area contributed by atoms with Gasteiger partial charge < -0.3 is 14.6 Å². The minimum absolute atomic E-state index is 0.325. The second kappa shape index (κ2) is 2.58. The highest BCUT2D eigenvalue weighted by Gasteiger charge is 2.12. The van der Waals surface area contributed by atoms with Crippen LogP contribution in [0, 0.1) is 0 Å². The first-order valence-electron chi connectivity index (χ1n) is 3.34. The van der Waals surface area contributed by atoms with Crippen LogP contribution in [-0.2, 0) is 0 Å². The Labute approximate surface area is 67.8 Å². The van der Waals surface area contributed by atoms with Crippen molar-refractivity contribution in [3.63, 3.8) is 0 Å². The van der Waals surface area contributed by atoms with Crippen molar-refractivity contribution in [2.24, 2.45) is 0 Å². The molecule has 2 heterocycles. The quantitative estimate of drug-likeness (QED) is 0.523. The standard InChI is InChI=1S/C6H5BN2O3/c10-7(11)5-1-4-2-9-12-6(4)8-3-5/h1-3,10-11H. The molecule has 2 rings (SSSR count). The molecular formula is C6H5BN2O3. The Bertz CT molecular complexity index is 400. The summed E-state index contributed by atoms with van der Waals surface area (Å²) in [5, 5.41) is 21.7. The van der Waals surface area contributed by atoms with Gasteiger partial charge in [-0.2, -0.15) is 0 Å². The normalized spacial score (nSPS) is 10.5. The molecule has 60 valence electrons. The number of nitrogens with zero attached hydrogens (tertiary/aromatic N) is 2. The van der Waals surface area contributed by atoms with E-state index >= 15 is 0 Å². The van der Waals surface area contributed by atoms with E-state index in [0.29, 0.717) is 16.6 Å². The first-order valence-corrected chi connectivity index (χ1v) is 3.34. The number of pyridine rings is 1. The summed E-state index contributed by atoms with van der Waals surface area (Å²) in [6.07, 6.45) is 2.80. The lowest BCUT2D eigenvalue weighted by atomic mass is 9.81. The third kappa shape index (κ3) is 1.07. The molecule has 0 aliphatic heterocycles. The molecule has 0 aliphatic carbocycles. The second-order valence-electron chi connectivity index (χ2n) is 2.36. The van der Waals surface area contributed by atoms with Gasteiger partial charge in [-0.25, -0.2) is 4.98 Å². The predicted octanol–water partition coefficient (Wildman–Crippen LogP) is -1.10. The highest BCUT2D eigenvalue weighted by Crippen LogP contribution is 2.06. The van der Waals surface area contributed by atoms with Gasteiger partial charge in [0.15, 0.2) is 0 Å². The summed E-state index contributed by atoms with van der Waals surface area (Å²) in [5.41, 5.74) is 0.713. The van der Waals surface area contributed by atoms with Gasteiger partial charge in [-0.1, -0.05) is 5.16 Å². The van der Waals surface area contributed by atoms with Gasteiger partial charge in [-0.3, -0.25) is 0 Å². The molecule has 6 heteroatoms. The number of aromatic nitrogens is 2. The topological polar surface area (TPSA) is 79.4 Å². The summed E-state index contributed by atoms with van der Waals surface area (Å²) in [6, 6.07) is 1.56. The maximum atomic E-state index is 8.79. The summed E-state index contributed by atoms with van der Waals surface area (Å²) in [6.45, 7) is 0. The van der Waals surface area contributed by atoms with Crippen LogP contribution in [-0.4, -0.2) is 27.3 Å². The lowest BCUT2D eigenvalue weighted by molar-refractivity contribution is 0.425. The molecule has 0 unspecified atom stereocenters. The number of rotatable bonds is 1. The molecule has 0 saturated carbocycles. The van der Waals surface area contributed by atoms with Crippen molar-refractivity contribution in [1.29, 1.82) is 0 Å². The molecule has 0 fully saturated rings. The van der Waals surface area contributed by atoms with E-state index in [-0.39, 0.29) is 0 Å². The van der Waals surface area contributed by atoms with Crippen LogP contribution in [0.5, 0.6) is 0 Å². The molecule has 0 spiro atoms. The molecule has 0 saturated heterocycles. The molecule has 0 amide bonds. The van der Waals surface area contributed by atoms with Gasteiger partial charge in [0.25, 0.3) is 5.71 Å². The SMILES string of the molecule is OB(O)c1cnc2oncc2c1. The Kier molecular flexibility index (Phi) is 1.56. The van der Waals surface area contributed by atoms with Crippen molar-refractivity contribution in [2.45, 2.75) is 0 Å². The van der Waals surface area contributed by atoms with Gasteiger partial charge in [0.1, 0.15) is 0 Å². The zero-order valence-corrected chi connectivity index (χ0v) is 6.01. The second-order valence-corrected chi connectivity index (χ2v) is 2.36. The molecular weight excluding hydrogens is 159 g/mol.